The Morgan fingerprint density at radius 3 is 2.74 bits per heavy atom. The lowest BCUT2D eigenvalue weighted by Crippen LogP contribution is -2.18. The highest BCUT2D eigenvalue weighted by Crippen LogP contribution is 2.09. The van der Waals surface area contributed by atoms with Crippen molar-refractivity contribution in [3.8, 4) is 5.75 Å². The molecule has 0 saturated carbocycles. The number of hydrogen-bond acceptors (Lipinski definition) is 4. The van der Waals surface area contributed by atoms with Crippen LogP contribution in [0, 0.1) is 0 Å². The molecule has 0 spiro atoms. The highest BCUT2D eigenvalue weighted by Gasteiger charge is 2.12. The number of carbonyl (C=O) groups is 1. The van der Waals surface area contributed by atoms with Crippen molar-refractivity contribution < 1.29 is 9.53 Å². The maximum Gasteiger partial charge on any atom is 0.177 e. The first-order chi connectivity index (χ1) is 9.16. The number of hydrogen-bond donors (Lipinski definition) is 0. The summed E-state index contributed by atoms with van der Waals surface area (Å²) in [5, 5.41) is 4.10. The lowest BCUT2D eigenvalue weighted by atomic mass is 10.2. The van der Waals surface area contributed by atoms with Gasteiger partial charge in [-0.2, -0.15) is 5.10 Å². The first kappa shape index (κ1) is 13.3. The zero-order chi connectivity index (χ0) is 13.7. The largest absolute Gasteiger partial charge is 0.486 e. The molecule has 0 aliphatic heterocycles. The van der Waals surface area contributed by atoms with E-state index in [2.05, 4.69) is 10.1 Å². The van der Waals surface area contributed by atoms with Crippen molar-refractivity contribution in [1.82, 2.24) is 14.8 Å². The summed E-state index contributed by atoms with van der Waals surface area (Å²) in [4.78, 5) is 16.0. The molecule has 0 fully saturated rings. The topological polar surface area (TPSA) is 57.0 Å². The number of Topliss-reactive ketones (excluding diaryl/α,β-unsaturated/α-hetero) is 1. The summed E-state index contributed by atoms with van der Waals surface area (Å²) < 4.78 is 7.16. The van der Waals surface area contributed by atoms with Gasteiger partial charge in [0.05, 0.1) is 6.42 Å². The first-order valence-electron chi connectivity index (χ1n) is 6.24. The molecule has 0 unspecified atom stereocenters. The Morgan fingerprint density at radius 2 is 2.05 bits per heavy atom. The van der Waals surface area contributed by atoms with E-state index in [1.807, 2.05) is 44.2 Å². The van der Waals surface area contributed by atoms with Crippen molar-refractivity contribution in [2.75, 3.05) is 6.61 Å². The molecule has 0 N–H and O–H groups in total. The van der Waals surface area contributed by atoms with E-state index in [1.165, 1.54) is 6.33 Å². The van der Waals surface area contributed by atoms with E-state index in [0.717, 1.165) is 0 Å². The van der Waals surface area contributed by atoms with Crippen molar-refractivity contribution in [1.29, 1.82) is 0 Å². The van der Waals surface area contributed by atoms with Gasteiger partial charge in [0.1, 0.15) is 24.5 Å². The number of rotatable bonds is 6. The van der Waals surface area contributed by atoms with E-state index in [9.17, 15) is 4.79 Å². The van der Waals surface area contributed by atoms with E-state index in [1.54, 1.807) is 4.68 Å². The number of ketones is 1. The fourth-order valence-corrected chi connectivity index (χ4v) is 1.74. The third-order valence-electron chi connectivity index (χ3n) is 2.63. The van der Waals surface area contributed by atoms with Crippen molar-refractivity contribution in [2.45, 2.75) is 26.3 Å². The second-order valence-corrected chi connectivity index (χ2v) is 4.53. The molecule has 5 nitrogen and oxygen atoms in total. The van der Waals surface area contributed by atoms with Gasteiger partial charge in [0.15, 0.2) is 5.78 Å². The molecular weight excluding hydrogens is 242 g/mol. The van der Waals surface area contributed by atoms with Crippen LogP contribution in [-0.2, 0) is 11.2 Å². The monoisotopic (exact) mass is 259 g/mol. The van der Waals surface area contributed by atoms with Crippen molar-refractivity contribution in [2.24, 2.45) is 0 Å². The van der Waals surface area contributed by atoms with Crippen molar-refractivity contribution >= 4 is 5.78 Å². The van der Waals surface area contributed by atoms with Gasteiger partial charge in [0.25, 0.3) is 0 Å². The van der Waals surface area contributed by atoms with E-state index in [4.69, 9.17) is 4.74 Å². The molecular formula is C14H17N3O2. The third kappa shape index (κ3) is 3.64. The predicted octanol–water partition coefficient (Wildman–Crippen LogP) is 2.05. The second-order valence-electron chi connectivity index (χ2n) is 4.53. The van der Waals surface area contributed by atoms with Crippen LogP contribution < -0.4 is 4.74 Å². The standard InChI is InChI=1S/C14H17N3O2/c1-11(2)17-14(15-10-16-17)8-12(18)9-19-13-6-4-3-5-7-13/h3-7,10-11H,8-9H2,1-2H3. The summed E-state index contributed by atoms with van der Waals surface area (Å²) in [6.45, 7) is 4.06. The highest BCUT2D eigenvalue weighted by atomic mass is 16.5. The van der Waals surface area contributed by atoms with Crippen LogP contribution in [0.3, 0.4) is 0 Å². The first-order valence-corrected chi connectivity index (χ1v) is 6.24. The molecule has 0 radical (unpaired) electrons. The van der Waals surface area contributed by atoms with Gasteiger partial charge in [-0.3, -0.25) is 4.79 Å². The van der Waals surface area contributed by atoms with Crippen molar-refractivity contribution in [3.05, 3.63) is 42.5 Å². The molecule has 0 saturated heterocycles. The summed E-state index contributed by atoms with van der Waals surface area (Å²) in [7, 11) is 0. The Labute approximate surface area is 112 Å². The molecule has 100 valence electrons. The zero-order valence-corrected chi connectivity index (χ0v) is 11.1. The Kier molecular flexibility index (Phi) is 4.28. The minimum Gasteiger partial charge on any atom is -0.486 e. The molecule has 0 aliphatic carbocycles. The normalized spacial score (nSPS) is 10.7. The Balaban J connectivity index is 1.89. The van der Waals surface area contributed by atoms with Crippen molar-refractivity contribution in [3.63, 3.8) is 0 Å². The Hall–Kier alpha value is -2.17. The van der Waals surface area contributed by atoms with E-state index < -0.39 is 0 Å². The van der Waals surface area contributed by atoms with E-state index in [0.29, 0.717) is 11.6 Å². The fourth-order valence-electron chi connectivity index (χ4n) is 1.74. The maximum atomic E-state index is 11.9. The molecule has 19 heavy (non-hydrogen) atoms. The van der Waals surface area contributed by atoms with Crippen LogP contribution in [0.1, 0.15) is 25.7 Å². The molecule has 1 aromatic heterocycles. The van der Waals surface area contributed by atoms with Gasteiger partial charge in [-0.15, -0.1) is 0 Å². The SMILES string of the molecule is CC(C)n1ncnc1CC(=O)COc1ccccc1. The number of aromatic nitrogens is 3. The quantitative estimate of drug-likeness (QED) is 0.796. The van der Waals surface area contributed by atoms with Crippen LogP contribution in [0.25, 0.3) is 0 Å². The molecule has 5 heteroatoms. The van der Waals surface area contributed by atoms with Gasteiger partial charge in [0, 0.05) is 6.04 Å². The second kappa shape index (κ2) is 6.13. The number of benzene rings is 1. The number of carbonyl (C=O) groups excluding carboxylic acids is 1. The average Bonchev–Trinajstić information content (AvgIpc) is 2.86. The smallest absolute Gasteiger partial charge is 0.177 e. The molecule has 1 heterocycles. The molecule has 2 rings (SSSR count). The summed E-state index contributed by atoms with van der Waals surface area (Å²) in [6.07, 6.45) is 1.71. The van der Waals surface area contributed by atoms with Gasteiger partial charge < -0.3 is 4.74 Å². The van der Waals surface area contributed by atoms with Crippen LogP contribution >= 0.6 is 0 Å². The van der Waals surface area contributed by atoms with Crippen LogP contribution in [0.15, 0.2) is 36.7 Å². The number of nitrogens with zero attached hydrogens (tertiary/aromatic N) is 3. The van der Waals surface area contributed by atoms with Gasteiger partial charge >= 0.3 is 0 Å². The maximum absolute atomic E-state index is 11.9. The van der Waals surface area contributed by atoms with Crippen LogP contribution in [0.4, 0.5) is 0 Å². The van der Waals surface area contributed by atoms with Crippen LogP contribution in [-0.4, -0.2) is 27.2 Å². The number of ether oxygens (including phenoxy) is 1. The molecule has 2 aromatic rings. The third-order valence-corrected chi connectivity index (χ3v) is 2.63. The minimum atomic E-state index is -0.0150. The molecule has 0 atom stereocenters. The van der Waals surface area contributed by atoms with Gasteiger partial charge in [-0.05, 0) is 26.0 Å². The summed E-state index contributed by atoms with van der Waals surface area (Å²) in [5.74, 6) is 1.36. The summed E-state index contributed by atoms with van der Waals surface area (Å²) >= 11 is 0. The zero-order valence-electron chi connectivity index (χ0n) is 11.1. The van der Waals surface area contributed by atoms with E-state index >= 15 is 0 Å². The molecule has 0 bridgehead atoms. The molecule has 1 aromatic carbocycles. The average molecular weight is 259 g/mol. The fraction of sp³-hybridized carbons (Fsp3) is 0.357. The van der Waals surface area contributed by atoms with Gasteiger partial charge in [-0.1, -0.05) is 18.2 Å². The summed E-state index contributed by atoms with van der Waals surface area (Å²) in [6, 6.07) is 9.48. The molecule has 0 amide bonds. The van der Waals surface area contributed by atoms with Crippen LogP contribution in [0.5, 0.6) is 5.75 Å². The van der Waals surface area contributed by atoms with Gasteiger partial charge in [0.2, 0.25) is 0 Å². The molecule has 0 aliphatic rings. The van der Waals surface area contributed by atoms with Crippen LogP contribution in [0.2, 0.25) is 0 Å². The van der Waals surface area contributed by atoms with E-state index in [-0.39, 0.29) is 24.9 Å². The van der Waals surface area contributed by atoms with Gasteiger partial charge in [-0.25, -0.2) is 9.67 Å². The minimum absolute atomic E-state index is 0.0150. The predicted molar refractivity (Wildman–Crippen MR) is 71.1 cm³/mol. The number of para-hydroxylation sites is 1. The summed E-state index contributed by atoms with van der Waals surface area (Å²) in [5.41, 5.74) is 0. The lowest BCUT2D eigenvalue weighted by Gasteiger charge is -2.09. The Morgan fingerprint density at radius 1 is 1.32 bits per heavy atom. The Bertz CT molecular complexity index is 535. The lowest BCUT2D eigenvalue weighted by molar-refractivity contribution is -0.120. The highest BCUT2D eigenvalue weighted by molar-refractivity contribution is 5.81.